The minimum Gasteiger partial charge on any atom is -0.256 e. The van der Waals surface area contributed by atoms with Crippen LogP contribution in [0.25, 0.3) is 43.6 Å². The van der Waals surface area contributed by atoms with Crippen LogP contribution in [0.2, 0.25) is 0 Å². The summed E-state index contributed by atoms with van der Waals surface area (Å²) >= 11 is 0. The van der Waals surface area contributed by atoms with Gasteiger partial charge in [0.1, 0.15) is 0 Å². The zero-order chi connectivity index (χ0) is 16.8. The normalized spacial score (nSPS) is 11.4. The molecule has 5 rings (SSSR count). The summed E-state index contributed by atoms with van der Waals surface area (Å²) in [5.41, 5.74) is 4.87. The summed E-state index contributed by atoms with van der Waals surface area (Å²) in [7, 11) is 0. The van der Waals surface area contributed by atoms with Gasteiger partial charge in [-0.2, -0.15) is 0 Å². The van der Waals surface area contributed by atoms with Crippen LogP contribution in [-0.4, -0.2) is 4.98 Å². The molecule has 0 radical (unpaired) electrons. The van der Waals surface area contributed by atoms with Crippen molar-refractivity contribution >= 4 is 32.4 Å². The molecule has 1 heterocycles. The van der Waals surface area contributed by atoms with Gasteiger partial charge in [0.05, 0.1) is 5.52 Å². The van der Waals surface area contributed by atoms with Gasteiger partial charge >= 0.3 is 0 Å². The summed E-state index contributed by atoms with van der Waals surface area (Å²) in [4.78, 5) is 4.69. The number of rotatable bonds is 1. The highest BCUT2D eigenvalue weighted by Crippen LogP contribution is 2.37. The molecule has 0 aliphatic heterocycles. The first-order chi connectivity index (χ1) is 12.3. The van der Waals surface area contributed by atoms with Crippen molar-refractivity contribution in [2.75, 3.05) is 0 Å². The molecule has 0 amide bonds. The van der Waals surface area contributed by atoms with E-state index in [1.165, 1.54) is 43.6 Å². The Morgan fingerprint density at radius 3 is 2.24 bits per heavy atom. The lowest BCUT2D eigenvalue weighted by atomic mass is 9.91. The van der Waals surface area contributed by atoms with Crippen LogP contribution in [0.1, 0.15) is 5.56 Å². The molecular formula is C24H17N. The van der Waals surface area contributed by atoms with Gasteiger partial charge in [-0.05, 0) is 45.8 Å². The second-order valence-corrected chi connectivity index (χ2v) is 6.52. The molecule has 1 nitrogen and oxygen atoms in total. The Bertz CT molecular complexity index is 1250. The number of nitrogens with zero attached hydrogens (tertiary/aromatic N) is 1. The van der Waals surface area contributed by atoms with Crippen molar-refractivity contribution in [3.05, 3.63) is 90.6 Å². The lowest BCUT2D eigenvalue weighted by Crippen LogP contribution is -1.89. The number of hydrogen-bond donors (Lipinski definition) is 0. The Morgan fingerprint density at radius 2 is 1.36 bits per heavy atom. The van der Waals surface area contributed by atoms with E-state index in [2.05, 4.69) is 85.8 Å². The Kier molecular flexibility index (Phi) is 3.07. The maximum Gasteiger partial charge on any atom is 0.0714 e. The first kappa shape index (κ1) is 14.2. The van der Waals surface area contributed by atoms with E-state index < -0.39 is 0 Å². The molecule has 5 aromatic rings. The molecular weight excluding hydrogens is 302 g/mol. The summed E-state index contributed by atoms with van der Waals surface area (Å²) in [5.74, 6) is 0. The maximum absolute atomic E-state index is 4.69. The van der Waals surface area contributed by atoms with E-state index in [0.29, 0.717) is 0 Å². The summed E-state index contributed by atoms with van der Waals surface area (Å²) in [6.07, 6.45) is 1.97. The standard InChI is InChI=1S/C24H17N/c1-16-13-14-21(20-10-5-4-8-18(16)20)22-11-6-12-23-24(22)19-9-3-2-7-17(19)15-25-23/h2-15H,1H3. The molecule has 1 aromatic heterocycles. The fraction of sp³-hybridized carbons (Fsp3) is 0.0417. The lowest BCUT2D eigenvalue weighted by Gasteiger charge is -2.13. The molecule has 4 aromatic carbocycles. The van der Waals surface area contributed by atoms with Crippen LogP contribution in [0, 0.1) is 6.92 Å². The van der Waals surface area contributed by atoms with E-state index in [0.717, 1.165) is 5.52 Å². The lowest BCUT2D eigenvalue weighted by molar-refractivity contribution is 1.44. The van der Waals surface area contributed by atoms with Crippen LogP contribution in [0.5, 0.6) is 0 Å². The monoisotopic (exact) mass is 319 g/mol. The zero-order valence-corrected chi connectivity index (χ0v) is 14.0. The smallest absolute Gasteiger partial charge is 0.0714 e. The van der Waals surface area contributed by atoms with Gasteiger partial charge < -0.3 is 0 Å². The molecule has 0 N–H and O–H groups in total. The highest BCUT2D eigenvalue weighted by molar-refractivity contribution is 6.15. The van der Waals surface area contributed by atoms with Crippen LogP contribution < -0.4 is 0 Å². The highest BCUT2D eigenvalue weighted by Gasteiger charge is 2.11. The van der Waals surface area contributed by atoms with Crippen molar-refractivity contribution in [2.24, 2.45) is 0 Å². The van der Waals surface area contributed by atoms with Crippen LogP contribution in [0.3, 0.4) is 0 Å². The SMILES string of the molecule is Cc1ccc(-c2cccc3ncc4ccccc4c23)c2ccccc12. The molecule has 0 saturated carbocycles. The van der Waals surface area contributed by atoms with Crippen molar-refractivity contribution in [3.8, 4) is 11.1 Å². The van der Waals surface area contributed by atoms with E-state index in [1.807, 2.05) is 6.20 Å². The fourth-order valence-corrected chi connectivity index (χ4v) is 3.82. The zero-order valence-electron chi connectivity index (χ0n) is 14.0. The Balaban J connectivity index is 1.97. The van der Waals surface area contributed by atoms with E-state index in [9.17, 15) is 0 Å². The molecule has 0 unspecified atom stereocenters. The topological polar surface area (TPSA) is 12.9 Å². The predicted molar refractivity (Wildman–Crippen MR) is 107 cm³/mol. The van der Waals surface area contributed by atoms with E-state index in [1.54, 1.807) is 0 Å². The second-order valence-electron chi connectivity index (χ2n) is 6.52. The third-order valence-electron chi connectivity index (χ3n) is 5.05. The van der Waals surface area contributed by atoms with E-state index in [-0.39, 0.29) is 0 Å². The molecule has 0 fully saturated rings. The van der Waals surface area contributed by atoms with Gasteiger partial charge in [-0.3, -0.25) is 4.98 Å². The summed E-state index contributed by atoms with van der Waals surface area (Å²) < 4.78 is 0. The molecule has 0 saturated heterocycles. The van der Waals surface area contributed by atoms with Gasteiger partial charge in [-0.1, -0.05) is 72.8 Å². The molecule has 25 heavy (non-hydrogen) atoms. The summed E-state index contributed by atoms with van der Waals surface area (Å²) in [6, 6.07) is 28.0. The first-order valence-corrected chi connectivity index (χ1v) is 8.58. The Morgan fingerprint density at radius 1 is 0.600 bits per heavy atom. The molecule has 0 bridgehead atoms. The van der Waals surface area contributed by atoms with E-state index in [4.69, 9.17) is 4.98 Å². The van der Waals surface area contributed by atoms with Crippen molar-refractivity contribution in [2.45, 2.75) is 6.92 Å². The van der Waals surface area contributed by atoms with Gasteiger partial charge in [0.15, 0.2) is 0 Å². The highest BCUT2D eigenvalue weighted by atomic mass is 14.6. The third kappa shape index (κ3) is 2.13. The number of benzene rings is 4. The van der Waals surface area contributed by atoms with Gasteiger partial charge in [0, 0.05) is 17.0 Å². The average Bonchev–Trinajstić information content (AvgIpc) is 2.68. The minimum atomic E-state index is 1.04. The van der Waals surface area contributed by atoms with Gasteiger partial charge in [-0.15, -0.1) is 0 Å². The first-order valence-electron chi connectivity index (χ1n) is 8.58. The van der Waals surface area contributed by atoms with Crippen LogP contribution >= 0.6 is 0 Å². The Labute approximate surface area is 146 Å². The molecule has 0 aliphatic rings. The second kappa shape index (κ2) is 5.42. The summed E-state index contributed by atoms with van der Waals surface area (Å²) in [5, 5.41) is 6.27. The van der Waals surface area contributed by atoms with Gasteiger partial charge in [-0.25, -0.2) is 0 Å². The quantitative estimate of drug-likeness (QED) is 0.321. The van der Waals surface area contributed by atoms with E-state index >= 15 is 0 Å². The van der Waals surface area contributed by atoms with Crippen LogP contribution in [0.4, 0.5) is 0 Å². The molecule has 0 atom stereocenters. The number of aromatic nitrogens is 1. The van der Waals surface area contributed by atoms with Crippen LogP contribution in [-0.2, 0) is 0 Å². The number of fused-ring (bicyclic) bond motifs is 4. The molecule has 118 valence electrons. The molecule has 0 aliphatic carbocycles. The molecule has 1 heteroatoms. The molecule has 0 spiro atoms. The van der Waals surface area contributed by atoms with Crippen molar-refractivity contribution < 1.29 is 0 Å². The maximum atomic E-state index is 4.69. The summed E-state index contributed by atoms with van der Waals surface area (Å²) in [6.45, 7) is 2.17. The average molecular weight is 319 g/mol. The van der Waals surface area contributed by atoms with Gasteiger partial charge in [0.25, 0.3) is 0 Å². The Hall–Kier alpha value is -3.19. The van der Waals surface area contributed by atoms with Crippen molar-refractivity contribution in [1.29, 1.82) is 0 Å². The van der Waals surface area contributed by atoms with Crippen LogP contribution in [0.15, 0.2) is 85.1 Å². The van der Waals surface area contributed by atoms with Crippen molar-refractivity contribution in [3.63, 3.8) is 0 Å². The fourth-order valence-electron chi connectivity index (χ4n) is 3.82. The minimum absolute atomic E-state index is 1.04. The number of aryl methyl sites for hydroxylation is 1. The third-order valence-corrected chi connectivity index (χ3v) is 5.05. The number of pyridine rings is 1. The largest absolute Gasteiger partial charge is 0.256 e. The predicted octanol–water partition coefficient (Wildman–Crippen LogP) is 6.52. The van der Waals surface area contributed by atoms with Crippen molar-refractivity contribution in [1.82, 2.24) is 4.98 Å². The van der Waals surface area contributed by atoms with Gasteiger partial charge in [0.2, 0.25) is 0 Å². The number of hydrogen-bond acceptors (Lipinski definition) is 1.